The van der Waals surface area contributed by atoms with E-state index in [9.17, 15) is 5.11 Å². The molecule has 0 aromatic rings. The molecule has 0 heterocycles. The minimum atomic E-state index is -0.373. The Bertz CT molecular complexity index is 173. The van der Waals surface area contributed by atoms with Crippen LogP contribution in [0.2, 0.25) is 0 Å². The van der Waals surface area contributed by atoms with Crippen LogP contribution in [0.3, 0.4) is 0 Å². The maximum atomic E-state index is 9.75. The smallest absolute Gasteiger partial charge is 0.0897 e. The summed E-state index contributed by atoms with van der Waals surface area (Å²) in [6.45, 7) is 7.61. The summed E-state index contributed by atoms with van der Waals surface area (Å²) < 4.78 is 5.67. The van der Waals surface area contributed by atoms with Crippen LogP contribution in [0, 0.1) is 5.92 Å². The maximum Gasteiger partial charge on any atom is 0.0897 e. The molecule has 0 amide bonds. The third-order valence-corrected chi connectivity index (χ3v) is 3.50. The lowest BCUT2D eigenvalue weighted by atomic mass is 10.1. The van der Waals surface area contributed by atoms with Gasteiger partial charge < -0.3 is 15.2 Å². The van der Waals surface area contributed by atoms with Gasteiger partial charge in [0.05, 0.1) is 18.8 Å². The normalized spacial score (nSPS) is 21.6. The van der Waals surface area contributed by atoms with Crippen molar-refractivity contribution in [1.29, 1.82) is 0 Å². The van der Waals surface area contributed by atoms with Crippen LogP contribution in [-0.4, -0.2) is 36.5 Å². The number of aliphatic hydroxyl groups excluding tert-OH is 1. The standard InChI is InChI=1S/C13H27NO2/c1-10(2)11(3)14-8-12(15)9-16-13-6-4-5-7-13/h10-15H,4-9H2,1-3H3. The Kier molecular flexibility index (Phi) is 6.32. The van der Waals surface area contributed by atoms with Gasteiger partial charge >= 0.3 is 0 Å². The molecule has 1 saturated carbocycles. The molecule has 0 aliphatic heterocycles. The van der Waals surface area contributed by atoms with Crippen LogP contribution >= 0.6 is 0 Å². The van der Waals surface area contributed by atoms with Crippen LogP contribution in [0.4, 0.5) is 0 Å². The minimum Gasteiger partial charge on any atom is -0.389 e. The Hall–Kier alpha value is -0.120. The molecule has 16 heavy (non-hydrogen) atoms. The molecule has 1 rings (SSSR count). The van der Waals surface area contributed by atoms with Gasteiger partial charge in [0.2, 0.25) is 0 Å². The van der Waals surface area contributed by atoms with Crippen LogP contribution < -0.4 is 5.32 Å². The van der Waals surface area contributed by atoms with Crippen molar-refractivity contribution < 1.29 is 9.84 Å². The molecule has 3 heteroatoms. The lowest BCUT2D eigenvalue weighted by Gasteiger charge is -2.21. The Balaban J connectivity index is 2.03. The number of ether oxygens (including phenoxy) is 1. The van der Waals surface area contributed by atoms with E-state index in [1.807, 2.05) is 0 Å². The van der Waals surface area contributed by atoms with Crippen molar-refractivity contribution in [3.8, 4) is 0 Å². The minimum absolute atomic E-state index is 0.373. The third-order valence-electron chi connectivity index (χ3n) is 3.50. The Morgan fingerprint density at radius 2 is 1.88 bits per heavy atom. The summed E-state index contributed by atoms with van der Waals surface area (Å²) in [5, 5.41) is 13.1. The predicted octanol–water partition coefficient (Wildman–Crippen LogP) is 1.94. The predicted molar refractivity (Wildman–Crippen MR) is 66.5 cm³/mol. The van der Waals surface area contributed by atoms with Crippen molar-refractivity contribution in [1.82, 2.24) is 5.32 Å². The second-order valence-electron chi connectivity index (χ2n) is 5.33. The van der Waals surface area contributed by atoms with Crippen LogP contribution in [0.15, 0.2) is 0 Å². The molecule has 0 spiro atoms. The second-order valence-corrected chi connectivity index (χ2v) is 5.33. The molecular formula is C13H27NO2. The second kappa shape index (κ2) is 7.25. The molecule has 0 aromatic carbocycles. The first-order valence-electron chi connectivity index (χ1n) is 6.62. The first kappa shape index (κ1) is 13.9. The first-order chi connectivity index (χ1) is 7.59. The fraction of sp³-hybridized carbons (Fsp3) is 1.00. The molecule has 2 N–H and O–H groups in total. The van der Waals surface area contributed by atoms with Gasteiger partial charge in [0.1, 0.15) is 0 Å². The van der Waals surface area contributed by atoms with Gasteiger partial charge in [0, 0.05) is 12.6 Å². The van der Waals surface area contributed by atoms with Gasteiger partial charge in [-0.3, -0.25) is 0 Å². The number of aliphatic hydroxyl groups is 1. The number of nitrogens with one attached hydrogen (secondary N) is 1. The summed E-state index contributed by atoms with van der Waals surface area (Å²) in [6.07, 6.45) is 4.93. The molecule has 0 aromatic heterocycles. The summed E-state index contributed by atoms with van der Waals surface area (Å²) in [6, 6.07) is 0.445. The van der Waals surface area contributed by atoms with Gasteiger partial charge in [-0.15, -0.1) is 0 Å². The van der Waals surface area contributed by atoms with Gasteiger partial charge in [-0.05, 0) is 25.7 Å². The Labute approximate surface area is 99.6 Å². The van der Waals surface area contributed by atoms with E-state index in [0.717, 1.165) is 0 Å². The highest BCUT2D eigenvalue weighted by Crippen LogP contribution is 2.20. The van der Waals surface area contributed by atoms with Crippen molar-refractivity contribution in [2.24, 2.45) is 5.92 Å². The molecule has 1 aliphatic carbocycles. The van der Waals surface area contributed by atoms with E-state index in [1.54, 1.807) is 0 Å². The zero-order chi connectivity index (χ0) is 12.0. The average molecular weight is 229 g/mol. The van der Waals surface area contributed by atoms with Crippen LogP contribution in [0.1, 0.15) is 46.5 Å². The Morgan fingerprint density at radius 3 is 2.44 bits per heavy atom. The number of hydrogen-bond donors (Lipinski definition) is 2. The third kappa shape index (κ3) is 5.28. The molecule has 0 bridgehead atoms. The molecular weight excluding hydrogens is 202 g/mol. The van der Waals surface area contributed by atoms with E-state index in [0.29, 0.717) is 31.2 Å². The van der Waals surface area contributed by atoms with Crippen molar-refractivity contribution in [3.05, 3.63) is 0 Å². The fourth-order valence-electron chi connectivity index (χ4n) is 1.92. The fourth-order valence-corrected chi connectivity index (χ4v) is 1.92. The van der Waals surface area contributed by atoms with Crippen LogP contribution in [0.5, 0.6) is 0 Å². The lowest BCUT2D eigenvalue weighted by Crippen LogP contribution is -2.38. The monoisotopic (exact) mass is 229 g/mol. The van der Waals surface area contributed by atoms with E-state index in [4.69, 9.17) is 4.74 Å². The van der Waals surface area contributed by atoms with Crippen LogP contribution in [0.25, 0.3) is 0 Å². The van der Waals surface area contributed by atoms with Gasteiger partial charge in [-0.2, -0.15) is 0 Å². The van der Waals surface area contributed by atoms with Crippen LogP contribution in [-0.2, 0) is 4.74 Å². The molecule has 3 nitrogen and oxygen atoms in total. The summed E-state index contributed by atoms with van der Waals surface area (Å²) in [5.41, 5.74) is 0. The van der Waals surface area contributed by atoms with Gasteiger partial charge in [-0.25, -0.2) is 0 Å². The molecule has 0 radical (unpaired) electrons. The first-order valence-corrected chi connectivity index (χ1v) is 6.62. The van der Waals surface area contributed by atoms with Crippen molar-refractivity contribution in [2.75, 3.05) is 13.2 Å². The highest BCUT2D eigenvalue weighted by molar-refractivity contribution is 4.70. The van der Waals surface area contributed by atoms with Gasteiger partial charge in [-0.1, -0.05) is 26.7 Å². The molecule has 1 aliphatic rings. The topological polar surface area (TPSA) is 41.5 Å². The molecule has 2 unspecified atom stereocenters. The largest absolute Gasteiger partial charge is 0.389 e. The maximum absolute atomic E-state index is 9.75. The number of rotatable bonds is 7. The van der Waals surface area contributed by atoms with E-state index in [1.165, 1.54) is 25.7 Å². The lowest BCUT2D eigenvalue weighted by molar-refractivity contribution is -0.00647. The molecule has 1 fully saturated rings. The van der Waals surface area contributed by atoms with E-state index >= 15 is 0 Å². The van der Waals surface area contributed by atoms with Crippen molar-refractivity contribution >= 4 is 0 Å². The summed E-state index contributed by atoms with van der Waals surface area (Å²) >= 11 is 0. The van der Waals surface area contributed by atoms with E-state index in [-0.39, 0.29) is 6.10 Å². The van der Waals surface area contributed by atoms with Crippen molar-refractivity contribution in [3.63, 3.8) is 0 Å². The van der Waals surface area contributed by atoms with E-state index in [2.05, 4.69) is 26.1 Å². The highest BCUT2D eigenvalue weighted by Gasteiger charge is 2.17. The molecule has 96 valence electrons. The molecule has 2 atom stereocenters. The zero-order valence-electron chi connectivity index (χ0n) is 10.9. The SMILES string of the molecule is CC(C)C(C)NCC(O)COC1CCCC1. The average Bonchev–Trinajstić information content (AvgIpc) is 2.75. The van der Waals surface area contributed by atoms with Gasteiger partial charge in [0.15, 0.2) is 0 Å². The van der Waals surface area contributed by atoms with E-state index < -0.39 is 0 Å². The summed E-state index contributed by atoms with van der Waals surface area (Å²) in [4.78, 5) is 0. The molecule has 0 saturated heterocycles. The highest BCUT2D eigenvalue weighted by atomic mass is 16.5. The quantitative estimate of drug-likeness (QED) is 0.701. The summed E-state index contributed by atoms with van der Waals surface area (Å²) in [7, 11) is 0. The zero-order valence-corrected chi connectivity index (χ0v) is 10.9. The van der Waals surface area contributed by atoms with Gasteiger partial charge in [0.25, 0.3) is 0 Å². The number of hydrogen-bond acceptors (Lipinski definition) is 3. The summed E-state index contributed by atoms with van der Waals surface area (Å²) in [5.74, 6) is 0.600. The van der Waals surface area contributed by atoms with Crippen molar-refractivity contribution in [2.45, 2.75) is 64.7 Å². The Morgan fingerprint density at radius 1 is 1.25 bits per heavy atom.